The molecule has 2 heterocycles. The fraction of sp³-hybridized carbons (Fsp3) is 0.100. The van der Waals surface area contributed by atoms with Crippen LogP contribution in [-0.4, -0.2) is 17.1 Å². The van der Waals surface area contributed by atoms with Crippen LogP contribution in [0.5, 0.6) is 5.75 Å². The number of methoxy groups -OCH3 is 1. The van der Waals surface area contributed by atoms with Crippen molar-refractivity contribution >= 4 is 44.7 Å². The minimum atomic E-state index is 0.228. The lowest BCUT2D eigenvalue weighted by atomic mass is 10.0. The maximum atomic E-state index is 6.14. The lowest BCUT2D eigenvalue weighted by Gasteiger charge is -2.10. The standard InChI is InChI=1S/C20H16ClN3OS/c1-12-3-5-13(6-4-12)16-11-26-19-17(16)18(23-20(21)24-19)22-14-7-9-15(25-2)10-8-14/h3-11H,1-2H3,(H,22,23,24). The number of nitrogens with one attached hydrogen (secondary N) is 1. The largest absolute Gasteiger partial charge is 0.497 e. The molecule has 0 saturated carbocycles. The van der Waals surface area contributed by atoms with Gasteiger partial charge in [-0.3, -0.25) is 0 Å². The molecule has 130 valence electrons. The Bertz CT molecular complexity index is 1060. The van der Waals surface area contributed by atoms with Gasteiger partial charge in [0.1, 0.15) is 16.4 Å². The Morgan fingerprint density at radius 1 is 1.00 bits per heavy atom. The first-order valence-corrected chi connectivity index (χ1v) is 9.32. The van der Waals surface area contributed by atoms with Crippen LogP contribution in [0.15, 0.2) is 53.9 Å². The SMILES string of the molecule is COc1ccc(Nc2nc(Cl)nc3scc(-c4ccc(C)cc4)c23)cc1. The van der Waals surface area contributed by atoms with Crippen LogP contribution in [-0.2, 0) is 0 Å². The molecule has 4 nitrogen and oxygen atoms in total. The third-order valence-corrected chi connectivity index (χ3v) is 5.16. The first-order chi connectivity index (χ1) is 12.6. The number of halogens is 1. The van der Waals surface area contributed by atoms with Crippen LogP contribution in [0.25, 0.3) is 21.3 Å². The number of fused-ring (bicyclic) bond motifs is 1. The van der Waals surface area contributed by atoms with Crippen molar-refractivity contribution in [1.82, 2.24) is 9.97 Å². The third-order valence-electron chi connectivity index (χ3n) is 4.12. The number of hydrogen-bond acceptors (Lipinski definition) is 5. The van der Waals surface area contributed by atoms with Gasteiger partial charge in [-0.25, -0.2) is 4.98 Å². The zero-order valence-electron chi connectivity index (χ0n) is 14.3. The highest BCUT2D eigenvalue weighted by Crippen LogP contribution is 2.38. The van der Waals surface area contributed by atoms with Crippen LogP contribution in [0, 0.1) is 6.92 Å². The van der Waals surface area contributed by atoms with Gasteiger partial charge in [0, 0.05) is 16.6 Å². The van der Waals surface area contributed by atoms with E-state index in [9.17, 15) is 0 Å². The molecule has 26 heavy (non-hydrogen) atoms. The molecule has 0 unspecified atom stereocenters. The van der Waals surface area contributed by atoms with Crippen molar-refractivity contribution in [3.63, 3.8) is 0 Å². The average Bonchev–Trinajstić information content (AvgIpc) is 3.07. The van der Waals surface area contributed by atoms with Gasteiger partial charge in [0.2, 0.25) is 5.28 Å². The molecule has 0 aliphatic heterocycles. The monoisotopic (exact) mass is 381 g/mol. The van der Waals surface area contributed by atoms with Crippen LogP contribution >= 0.6 is 22.9 Å². The summed E-state index contributed by atoms with van der Waals surface area (Å²) in [6, 6.07) is 16.1. The van der Waals surface area contributed by atoms with Crippen molar-refractivity contribution < 1.29 is 4.74 Å². The topological polar surface area (TPSA) is 47.0 Å². The molecule has 0 radical (unpaired) electrons. The summed E-state index contributed by atoms with van der Waals surface area (Å²) < 4.78 is 5.21. The van der Waals surface area contributed by atoms with Crippen molar-refractivity contribution in [2.75, 3.05) is 12.4 Å². The number of thiophene rings is 1. The molecule has 4 aromatic rings. The molecule has 4 rings (SSSR count). The lowest BCUT2D eigenvalue weighted by Crippen LogP contribution is -1.97. The fourth-order valence-electron chi connectivity index (χ4n) is 2.76. The number of rotatable bonds is 4. The van der Waals surface area contributed by atoms with E-state index in [1.165, 1.54) is 5.56 Å². The van der Waals surface area contributed by atoms with E-state index in [1.807, 2.05) is 24.3 Å². The van der Waals surface area contributed by atoms with Gasteiger partial charge in [-0.15, -0.1) is 11.3 Å². The first-order valence-electron chi connectivity index (χ1n) is 8.07. The van der Waals surface area contributed by atoms with Crippen LogP contribution in [0.4, 0.5) is 11.5 Å². The number of hydrogen-bond donors (Lipinski definition) is 1. The van der Waals surface area contributed by atoms with Crippen LogP contribution in [0.1, 0.15) is 5.56 Å². The first kappa shape index (κ1) is 16.8. The summed E-state index contributed by atoms with van der Waals surface area (Å²) in [7, 11) is 1.65. The van der Waals surface area contributed by atoms with Crippen LogP contribution in [0.2, 0.25) is 5.28 Å². The highest BCUT2D eigenvalue weighted by Gasteiger charge is 2.15. The number of aromatic nitrogens is 2. The van der Waals surface area contributed by atoms with Gasteiger partial charge >= 0.3 is 0 Å². The van der Waals surface area contributed by atoms with Gasteiger partial charge in [0.15, 0.2) is 0 Å². The van der Waals surface area contributed by atoms with Crippen molar-refractivity contribution in [3.05, 3.63) is 64.8 Å². The smallest absolute Gasteiger partial charge is 0.225 e. The Kier molecular flexibility index (Phi) is 4.49. The Labute approximate surface area is 160 Å². The Hall–Kier alpha value is -2.63. The van der Waals surface area contributed by atoms with Crippen molar-refractivity contribution in [2.24, 2.45) is 0 Å². The minimum Gasteiger partial charge on any atom is -0.497 e. The maximum absolute atomic E-state index is 6.14. The molecular formula is C20H16ClN3OS. The summed E-state index contributed by atoms with van der Waals surface area (Å²) in [6.07, 6.45) is 0. The fourth-order valence-corrected chi connectivity index (χ4v) is 3.93. The normalized spacial score (nSPS) is 10.9. The molecule has 6 heteroatoms. The Morgan fingerprint density at radius 2 is 1.73 bits per heavy atom. The number of benzene rings is 2. The minimum absolute atomic E-state index is 0.228. The Morgan fingerprint density at radius 3 is 2.42 bits per heavy atom. The van der Waals surface area contributed by atoms with E-state index in [4.69, 9.17) is 16.3 Å². The van der Waals surface area contributed by atoms with Crippen molar-refractivity contribution in [1.29, 1.82) is 0 Å². The summed E-state index contributed by atoms with van der Waals surface area (Å²) in [4.78, 5) is 9.67. The van der Waals surface area contributed by atoms with E-state index in [0.717, 1.165) is 32.8 Å². The van der Waals surface area contributed by atoms with E-state index in [-0.39, 0.29) is 5.28 Å². The van der Waals surface area contributed by atoms with Crippen molar-refractivity contribution in [3.8, 4) is 16.9 Å². The zero-order valence-corrected chi connectivity index (χ0v) is 15.9. The molecule has 0 aliphatic rings. The number of ether oxygens (including phenoxy) is 1. The summed E-state index contributed by atoms with van der Waals surface area (Å²) in [5.41, 5.74) is 4.36. The zero-order chi connectivity index (χ0) is 18.1. The second kappa shape index (κ2) is 6.94. The Balaban J connectivity index is 1.82. The molecular weight excluding hydrogens is 366 g/mol. The summed E-state index contributed by atoms with van der Waals surface area (Å²) in [6.45, 7) is 2.08. The number of anilines is 2. The van der Waals surface area contributed by atoms with Crippen LogP contribution < -0.4 is 10.1 Å². The van der Waals surface area contributed by atoms with Crippen LogP contribution in [0.3, 0.4) is 0 Å². The summed E-state index contributed by atoms with van der Waals surface area (Å²) in [5.74, 6) is 1.50. The molecule has 0 amide bonds. The van der Waals surface area contributed by atoms with Gasteiger partial charge in [-0.2, -0.15) is 4.98 Å². The van der Waals surface area contributed by atoms with Gasteiger partial charge in [-0.1, -0.05) is 29.8 Å². The van der Waals surface area contributed by atoms with E-state index in [0.29, 0.717) is 5.82 Å². The number of nitrogens with zero attached hydrogens (tertiary/aromatic N) is 2. The molecule has 2 aromatic carbocycles. The lowest BCUT2D eigenvalue weighted by molar-refractivity contribution is 0.415. The van der Waals surface area contributed by atoms with E-state index in [1.54, 1.807) is 18.4 Å². The molecule has 0 atom stereocenters. The molecule has 0 saturated heterocycles. The third kappa shape index (κ3) is 3.23. The predicted molar refractivity (Wildman–Crippen MR) is 109 cm³/mol. The molecule has 0 bridgehead atoms. The van der Waals surface area contributed by atoms with Gasteiger partial charge in [0.05, 0.1) is 12.5 Å². The second-order valence-electron chi connectivity index (χ2n) is 5.89. The highest BCUT2D eigenvalue weighted by molar-refractivity contribution is 7.17. The predicted octanol–water partition coefficient (Wildman–Crippen LogP) is 6.07. The molecule has 0 aliphatic carbocycles. The van der Waals surface area contributed by atoms with Gasteiger partial charge in [-0.05, 0) is 48.4 Å². The summed E-state index contributed by atoms with van der Waals surface area (Å²) >= 11 is 7.70. The maximum Gasteiger partial charge on any atom is 0.225 e. The molecule has 0 spiro atoms. The van der Waals surface area contributed by atoms with Gasteiger partial charge in [0.25, 0.3) is 0 Å². The molecule has 0 fully saturated rings. The van der Waals surface area contributed by atoms with E-state index >= 15 is 0 Å². The second-order valence-corrected chi connectivity index (χ2v) is 7.09. The van der Waals surface area contributed by atoms with Crippen molar-refractivity contribution in [2.45, 2.75) is 6.92 Å². The molecule has 2 aromatic heterocycles. The number of aryl methyl sites for hydroxylation is 1. The van der Waals surface area contributed by atoms with E-state index < -0.39 is 0 Å². The quantitative estimate of drug-likeness (QED) is 0.435. The summed E-state index contributed by atoms with van der Waals surface area (Å²) in [5, 5.41) is 6.66. The average molecular weight is 382 g/mol. The van der Waals surface area contributed by atoms with E-state index in [2.05, 4.69) is 51.9 Å². The highest BCUT2D eigenvalue weighted by atomic mass is 35.5. The molecule has 1 N–H and O–H groups in total. The van der Waals surface area contributed by atoms with Gasteiger partial charge < -0.3 is 10.1 Å².